The van der Waals surface area contributed by atoms with Gasteiger partial charge in [-0.05, 0) is 36.4 Å². The van der Waals surface area contributed by atoms with E-state index >= 15 is 0 Å². The maximum atomic E-state index is 12.9. The van der Waals surface area contributed by atoms with E-state index in [0.717, 1.165) is 4.68 Å². The highest BCUT2D eigenvalue weighted by Crippen LogP contribution is 2.30. The summed E-state index contributed by atoms with van der Waals surface area (Å²) in [5, 5.41) is 12.3. The largest absolute Gasteiger partial charge is 0.453 e. The minimum atomic E-state index is -4.67. The molecule has 0 spiro atoms. The van der Waals surface area contributed by atoms with Crippen molar-refractivity contribution in [2.75, 3.05) is 0 Å². The van der Waals surface area contributed by atoms with Crippen molar-refractivity contribution in [1.82, 2.24) is 19.7 Å². The highest BCUT2D eigenvalue weighted by molar-refractivity contribution is 5.58. The Morgan fingerprint density at radius 1 is 1.04 bits per heavy atom. The van der Waals surface area contributed by atoms with E-state index in [1.54, 1.807) is 12.1 Å². The standard InChI is InChI=1S/C15H8F3N5/c16-15(17,18)14-21-13(11-6-4-10(9-19)5-7-11)23(22-14)12-3-1-2-8-20-12/h1-8H. The van der Waals surface area contributed by atoms with Crippen molar-refractivity contribution in [1.29, 1.82) is 5.26 Å². The lowest BCUT2D eigenvalue weighted by atomic mass is 10.1. The van der Waals surface area contributed by atoms with Crippen LogP contribution in [0.1, 0.15) is 11.4 Å². The molecule has 0 aliphatic rings. The van der Waals surface area contributed by atoms with E-state index in [1.807, 2.05) is 6.07 Å². The number of alkyl halides is 3. The van der Waals surface area contributed by atoms with Crippen LogP contribution < -0.4 is 0 Å². The maximum absolute atomic E-state index is 12.9. The quantitative estimate of drug-likeness (QED) is 0.728. The summed E-state index contributed by atoms with van der Waals surface area (Å²) < 4.78 is 39.8. The minimum Gasteiger partial charge on any atom is -0.237 e. The molecule has 0 saturated heterocycles. The average molecular weight is 315 g/mol. The van der Waals surface area contributed by atoms with Gasteiger partial charge in [-0.25, -0.2) is 9.97 Å². The molecule has 0 fully saturated rings. The van der Waals surface area contributed by atoms with Gasteiger partial charge in [-0.1, -0.05) is 6.07 Å². The van der Waals surface area contributed by atoms with E-state index in [9.17, 15) is 13.2 Å². The van der Waals surface area contributed by atoms with Gasteiger partial charge in [-0.2, -0.15) is 23.1 Å². The van der Waals surface area contributed by atoms with E-state index in [-0.39, 0.29) is 11.6 Å². The van der Waals surface area contributed by atoms with Gasteiger partial charge >= 0.3 is 6.18 Å². The van der Waals surface area contributed by atoms with E-state index in [1.165, 1.54) is 36.5 Å². The lowest BCUT2D eigenvalue weighted by molar-refractivity contribution is -0.144. The SMILES string of the molecule is N#Cc1ccc(-c2nc(C(F)(F)F)nn2-c2ccccn2)cc1. The Balaban J connectivity index is 2.18. The molecule has 0 amide bonds. The number of halogens is 3. The highest BCUT2D eigenvalue weighted by Gasteiger charge is 2.37. The van der Waals surface area contributed by atoms with Gasteiger partial charge < -0.3 is 0 Å². The fraction of sp³-hybridized carbons (Fsp3) is 0.0667. The number of nitrogens with zero attached hydrogens (tertiary/aromatic N) is 5. The Morgan fingerprint density at radius 3 is 2.35 bits per heavy atom. The monoisotopic (exact) mass is 315 g/mol. The second-order valence-corrected chi connectivity index (χ2v) is 4.55. The number of hydrogen-bond donors (Lipinski definition) is 0. The Kier molecular flexibility index (Phi) is 3.54. The van der Waals surface area contributed by atoms with E-state index in [4.69, 9.17) is 5.26 Å². The Bertz CT molecular complexity index is 861. The zero-order chi connectivity index (χ0) is 16.4. The third-order valence-corrected chi connectivity index (χ3v) is 3.00. The van der Waals surface area contributed by atoms with E-state index < -0.39 is 12.0 Å². The van der Waals surface area contributed by atoms with E-state index in [0.29, 0.717) is 11.1 Å². The molecule has 0 aliphatic carbocycles. The fourth-order valence-electron chi connectivity index (χ4n) is 1.95. The first-order valence-corrected chi connectivity index (χ1v) is 6.45. The number of pyridine rings is 1. The predicted octanol–water partition coefficient (Wildman–Crippen LogP) is 3.22. The molecule has 0 bridgehead atoms. The summed E-state index contributed by atoms with van der Waals surface area (Å²) >= 11 is 0. The van der Waals surface area contributed by atoms with Crippen molar-refractivity contribution < 1.29 is 13.2 Å². The molecule has 0 saturated carbocycles. The lowest BCUT2D eigenvalue weighted by Crippen LogP contribution is -2.09. The summed E-state index contributed by atoms with van der Waals surface area (Å²) in [7, 11) is 0. The third kappa shape index (κ3) is 2.89. The first-order valence-electron chi connectivity index (χ1n) is 6.45. The van der Waals surface area contributed by atoms with Crippen LogP contribution in [0.4, 0.5) is 13.2 Å². The Morgan fingerprint density at radius 2 is 1.78 bits per heavy atom. The Hall–Kier alpha value is -3.21. The summed E-state index contributed by atoms with van der Waals surface area (Å²) in [4.78, 5) is 7.59. The molecule has 0 atom stereocenters. The summed E-state index contributed by atoms with van der Waals surface area (Å²) in [6.45, 7) is 0. The van der Waals surface area contributed by atoms with Crippen molar-refractivity contribution in [3.63, 3.8) is 0 Å². The van der Waals surface area contributed by atoms with Gasteiger partial charge in [0, 0.05) is 11.8 Å². The van der Waals surface area contributed by atoms with Crippen LogP contribution in [0.2, 0.25) is 0 Å². The molecule has 1 aromatic carbocycles. The molecule has 0 aliphatic heterocycles. The second kappa shape index (κ2) is 5.53. The van der Waals surface area contributed by atoms with Gasteiger partial charge in [0.25, 0.3) is 5.82 Å². The fourth-order valence-corrected chi connectivity index (χ4v) is 1.95. The molecule has 8 heteroatoms. The van der Waals surface area contributed by atoms with Gasteiger partial charge in [0.15, 0.2) is 11.6 Å². The molecule has 5 nitrogen and oxygen atoms in total. The number of hydrogen-bond acceptors (Lipinski definition) is 4. The van der Waals surface area contributed by atoms with E-state index in [2.05, 4.69) is 15.1 Å². The molecular weight excluding hydrogens is 307 g/mol. The van der Waals surface area contributed by atoms with Crippen LogP contribution in [-0.2, 0) is 6.18 Å². The van der Waals surface area contributed by atoms with Crippen molar-refractivity contribution in [3.05, 3.63) is 60.0 Å². The topological polar surface area (TPSA) is 67.4 Å². The second-order valence-electron chi connectivity index (χ2n) is 4.55. The van der Waals surface area contributed by atoms with Crippen molar-refractivity contribution in [2.24, 2.45) is 0 Å². The first kappa shape index (κ1) is 14.7. The van der Waals surface area contributed by atoms with Crippen LogP contribution in [-0.4, -0.2) is 19.7 Å². The summed E-state index contributed by atoms with van der Waals surface area (Å²) in [6, 6.07) is 12.8. The molecule has 2 aromatic heterocycles. The van der Waals surface area contributed by atoms with Crippen molar-refractivity contribution in [3.8, 4) is 23.3 Å². The van der Waals surface area contributed by atoms with Crippen molar-refractivity contribution >= 4 is 0 Å². The first-order chi connectivity index (χ1) is 11.0. The van der Waals surface area contributed by atoms with Gasteiger partial charge in [0.2, 0.25) is 0 Å². The van der Waals surface area contributed by atoms with Gasteiger partial charge in [-0.3, -0.25) is 0 Å². The molecular formula is C15H8F3N5. The molecule has 3 aromatic rings. The van der Waals surface area contributed by atoms with Crippen LogP contribution in [0.25, 0.3) is 17.2 Å². The number of rotatable bonds is 2. The van der Waals surface area contributed by atoms with Crippen LogP contribution in [0.15, 0.2) is 48.7 Å². The zero-order valence-electron chi connectivity index (χ0n) is 11.5. The van der Waals surface area contributed by atoms with Crippen LogP contribution >= 0.6 is 0 Å². The summed E-state index contributed by atoms with van der Waals surface area (Å²) in [5.41, 5.74) is 0.798. The van der Waals surface area contributed by atoms with Crippen LogP contribution in [0.5, 0.6) is 0 Å². The number of benzene rings is 1. The lowest BCUT2D eigenvalue weighted by Gasteiger charge is -2.04. The predicted molar refractivity (Wildman–Crippen MR) is 74.3 cm³/mol. The normalized spacial score (nSPS) is 11.2. The molecule has 3 rings (SSSR count). The Labute approximate surface area is 128 Å². The van der Waals surface area contributed by atoms with Gasteiger partial charge in [0.1, 0.15) is 0 Å². The van der Waals surface area contributed by atoms with Crippen LogP contribution in [0.3, 0.4) is 0 Å². The number of aromatic nitrogens is 4. The van der Waals surface area contributed by atoms with Crippen molar-refractivity contribution in [2.45, 2.75) is 6.18 Å². The molecule has 0 unspecified atom stereocenters. The smallest absolute Gasteiger partial charge is 0.237 e. The van der Waals surface area contributed by atoms with Crippen LogP contribution in [0, 0.1) is 11.3 Å². The molecule has 114 valence electrons. The maximum Gasteiger partial charge on any atom is 0.453 e. The molecule has 23 heavy (non-hydrogen) atoms. The molecule has 2 heterocycles. The highest BCUT2D eigenvalue weighted by atomic mass is 19.4. The van der Waals surface area contributed by atoms with Gasteiger partial charge in [-0.15, -0.1) is 5.10 Å². The molecule has 0 radical (unpaired) electrons. The summed E-state index contributed by atoms with van der Waals surface area (Å²) in [5.74, 6) is -1.03. The average Bonchev–Trinajstić information content (AvgIpc) is 3.01. The summed E-state index contributed by atoms with van der Waals surface area (Å²) in [6.07, 6.45) is -3.21. The minimum absolute atomic E-state index is 0.000477. The molecule has 0 N–H and O–H groups in total. The van der Waals surface area contributed by atoms with Gasteiger partial charge in [0.05, 0.1) is 11.6 Å². The number of nitriles is 1. The third-order valence-electron chi connectivity index (χ3n) is 3.00. The zero-order valence-corrected chi connectivity index (χ0v) is 11.5.